The van der Waals surface area contributed by atoms with E-state index in [-0.39, 0.29) is 11.9 Å². The highest BCUT2D eigenvalue weighted by atomic mass is 16.2. The van der Waals surface area contributed by atoms with Crippen molar-refractivity contribution in [2.24, 2.45) is 5.92 Å². The lowest BCUT2D eigenvalue weighted by molar-refractivity contribution is 0.0771. The smallest absolute Gasteiger partial charge is 0.269 e. The number of nitrogens with one attached hydrogen (secondary N) is 1. The Balaban J connectivity index is 2.14. The summed E-state index contributed by atoms with van der Waals surface area (Å²) in [5, 5.41) is 1.94. The van der Waals surface area contributed by atoms with Crippen molar-refractivity contribution in [2.75, 3.05) is 0 Å². The molecule has 1 aromatic rings. The molecular weight excluding hydrogens is 236 g/mol. The molecule has 1 atom stereocenters. The number of carbonyl (C=O) groups excluding carboxylic acids is 1. The second-order valence-corrected chi connectivity index (χ2v) is 5.10. The van der Waals surface area contributed by atoms with Crippen LogP contribution in [0.15, 0.2) is 54.3 Å². The summed E-state index contributed by atoms with van der Waals surface area (Å²) in [6, 6.07) is 9.47. The third-order valence-corrected chi connectivity index (χ3v) is 3.26. The Labute approximate surface area is 114 Å². The maximum Gasteiger partial charge on any atom is 0.269 e. The molecule has 2 rings (SSSR count). The second-order valence-electron chi connectivity index (χ2n) is 5.10. The van der Waals surface area contributed by atoms with Crippen molar-refractivity contribution in [2.45, 2.75) is 26.8 Å². The average Bonchev–Trinajstić information content (AvgIpc) is 2.41. The molecule has 0 aliphatic carbocycles. The molecule has 1 N–H and O–H groups in total. The highest BCUT2D eigenvalue weighted by Gasteiger charge is 2.23. The summed E-state index contributed by atoms with van der Waals surface area (Å²) < 4.78 is 0. The number of nitrogens with zero attached hydrogens (tertiary/aromatic N) is 1. The zero-order valence-corrected chi connectivity index (χ0v) is 11.6. The zero-order valence-electron chi connectivity index (χ0n) is 11.6. The van der Waals surface area contributed by atoms with Gasteiger partial charge >= 0.3 is 0 Å². The van der Waals surface area contributed by atoms with Crippen LogP contribution in [-0.4, -0.2) is 17.0 Å². The number of allylic oxidation sites excluding steroid dienone is 3. The maximum atomic E-state index is 12.2. The van der Waals surface area contributed by atoms with E-state index in [0.29, 0.717) is 11.5 Å². The van der Waals surface area contributed by atoms with E-state index in [4.69, 9.17) is 0 Å². The first-order valence-corrected chi connectivity index (χ1v) is 6.60. The van der Waals surface area contributed by atoms with Crippen molar-refractivity contribution in [3.8, 4) is 0 Å². The lowest BCUT2D eigenvalue weighted by atomic mass is 10.0. The molecule has 100 valence electrons. The molecule has 3 nitrogen and oxygen atoms in total. The van der Waals surface area contributed by atoms with Crippen LogP contribution in [0.1, 0.15) is 31.1 Å². The number of hydrazine groups is 1. The van der Waals surface area contributed by atoms with Gasteiger partial charge in [0, 0.05) is 11.3 Å². The normalized spacial score (nSPS) is 18.4. The van der Waals surface area contributed by atoms with Gasteiger partial charge in [0.05, 0.1) is 6.04 Å². The van der Waals surface area contributed by atoms with E-state index in [9.17, 15) is 4.79 Å². The van der Waals surface area contributed by atoms with Gasteiger partial charge in [0.1, 0.15) is 0 Å². The molecule has 0 saturated carbocycles. The van der Waals surface area contributed by atoms with E-state index in [1.807, 2.05) is 54.4 Å². The molecule has 3 heteroatoms. The first kappa shape index (κ1) is 13.4. The van der Waals surface area contributed by atoms with Crippen LogP contribution in [0.2, 0.25) is 0 Å². The Hall–Kier alpha value is -2.03. The molecule has 1 amide bonds. The fraction of sp³-hybridized carbons (Fsp3) is 0.312. The van der Waals surface area contributed by atoms with Gasteiger partial charge in [-0.05, 0) is 31.1 Å². The van der Waals surface area contributed by atoms with Gasteiger partial charge in [0.15, 0.2) is 0 Å². The molecule has 1 heterocycles. The van der Waals surface area contributed by atoms with Crippen LogP contribution in [0, 0.1) is 5.92 Å². The van der Waals surface area contributed by atoms with Gasteiger partial charge in [-0.25, -0.2) is 0 Å². The molecule has 1 aromatic carbocycles. The van der Waals surface area contributed by atoms with Crippen molar-refractivity contribution in [3.63, 3.8) is 0 Å². The van der Waals surface area contributed by atoms with Crippen LogP contribution in [0.25, 0.3) is 0 Å². The van der Waals surface area contributed by atoms with E-state index in [0.717, 1.165) is 5.70 Å². The summed E-state index contributed by atoms with van der Waals surface area (Å²) >= 11 is 0. The summed E-state index contributed by atoms with van der Waals surface area (Å²) in [4.78, 5) is 12.2. The van der Waals surface area contributed by atoms with Gasteiger partial charge in [-0.1, -0.05) is 44.2 Å². The number of hydrogen-bond donors (Lipinski definition) is 1. The lowest BCUT2D eigenvalue weighted by Gasteiger charge is -2.36. The van der Waals surface area contributed by atoms with Crippen LogP contribution in [-0.2, 0) is 0 Å². The van der Waals surface area contributed by atoms with E-state index in [2.05, 4.69) is 25.3 Å². The fourth-order valence-electron chi connectivity index (χ4n) is 2.16. The molecule has 0 radical (unpaired) electrons. The zero-order chi connectivity index (χ0) is 13.8. The highest BCUT2D eigenvalue weighted by Crippen LogP contribution is 2.19. The van der Waals surface area contributed by atoms with Crippen LogP contribution < -0.4 is 5.43 Å². The topological polar surface area (TPSA) is 32.3 Å². The molecule has 1 aliphatic heterocycles. The van der Waals surface area contributed by atoms with E-state index in [1.165, 1.54) is 0 Å². The lowest BCUT2D eigenvalue weighted by Crippen LogP contribution is -2.49. The Bertz CT molecular complexity index is 503. The van der Waals surface area contributed by atoms with Gasteiger partial charge in [-0.15, -0.1) is 0 Å². The van der Waals surface area contributed by atoms with Crippen LogP contribution in [0.5, 0.6) is 0 Å². The molecule has 0 saturated heterocycles. The Morgan fingerprint density at radius 1 is 1.26 bits per heavy atom. The van der Waals surface area contributed by atoms with Crippen molar-refractivity contribution >= 4 is 5.91 Å². The van der Waals surface area contributed by atoms with Gasteiger partial charge in [-0.2, -0.15) is 0 Å². The van der Waals surface area contributed by atoms with Gasteiger partial charge in [0.25, 0.3) is 5.91 Å². The number of hydrogen-bond acceptors (Lipinski definition) is 2. The van der Waals surface area contributed by atoms with E-state index >= 15 is 0 Å². The molecule has 0 bridgehead atoms. The van der Waals surface area contributed by atoms with Gasteiger partial charge in [0.2, 0.25) is 0 Å². The van der Waals surface area contributed by atoms with Gasteiger partial charge < -0.3 is 0 Å². The Kier molecular flexibility index (Phi) is 4.05. The molecular formula is C16H20N2O. The van der Waals surface area contributed by atoms with E-state index < -0.39 is 0 Å². The third kappa shape index (κ3) is 3.05. The maximum absolute atomic E-state index is 12.2. The molecule has 0 spiro atoms. The minimum Gasteiger partial charge on any atom is -0.283 e. The second kappa shape index (κ2) is 5.74. The molecule has 1 aliphatic rings. The largest absolute Gasteiger partial charge is 0.283 e. The van der Waals surface area contributed by atoms with E-state index in [1.54, 1.807) is 0 Å². The summed E-state index contributed by atoms with van der Waals surface area (Å²) in [5.41, 5.74) is 4.71. The summed E-state index contributed by atoms with van der Waals surface area (Å²) in [7, 11) is 0. The van der Waals surface area contributed by atoms with Crippen LogP contribution in [0.3, 0.4) is 0 Å². The SMILES string of the molecule is CC1=CC=CC(C(C)C)N1NC(=O)c1ccccc1. The number of carbonyl (C=O) groups is 1. The predicted octanol–water partition coefficient (Wildman–Crippen LogP) is 3.13. The number of amides is 1. The standard InChI is InChI=1S/C16H20N2O/c1-12(2)15-11-7-8-13(3)18(15)17-16(19)14-9-5-4-6-10-14/h4-12,15H,1-3H3,(H,17,19). The predicted molar refractivity (Wildman–Crippen MR) is 77.3 cm³/mol. The monoisotopic (exact) mass is 256 g/mol. The minimum atomic E-state index is -0.0747. The summed E-state index contributed by atoms with van der Waals surface area (Å²) in [6.45, 7) is 6.30. The Morgan fingerprint density at radius 2 is 1.95 bits per heavy atom. The quantitative estimate of drug-likeness (QED) is 0.901. The average molecular weight is 256 g/mol. The number of benzene rings is 1. The van der Waals surface area contributed by atoms with Crippen molar-refractivity contribution in [1.29, 1.82) is 0 Å². The fourth-order valence-corrected chi connectivity index (χ4v) is 2.16. The van der Waals surface area contributed by atoms with Crippen molar-refractivity contribution < 1.29 is 4.79 Å². The van der Waals surface area contributed by atoms with Crippen molar-refractivity contribution in [3.05, 3.63) is 59.8 Å². The molecule has 0 fully saturated rings. The molecule has 1 unspecified atom stereocenters. The Morgan fingerprint density at radius 3 is 2.58 bits per heavy atom. The summed E-state index contributed by atoms with van der Waals surface area (Å²) in [6.07, 6.45) is 6.16. The number of rotatable bonds is 3. The van der Waals surface area contributed by atoms with Gasteiger partial charge in [-0.3, -0.25) is 15.2 Å². The summed E-state index contributed by atoms with van der Waals surface area (Å²) in [5.74, 6) is 0.352. The first-order valence-electron chi connectivity index (χ1n) is 6.60. The molecule has 19 heavy (non-hydrogen) atoms. The third-order valence-electron chi connectivity index (χ3n) is 3.26. The van der Waals surface area contributed by atoms with Crippen molar-refractivity contribution in [1.82, 2.24) is 10.4 Å². The highest BCUT2D eigenvalue weighted by molar-refractivity contribution is 5.93. The minimum absolute atomic E-state index is 0.0747. The van der Waals surface area contributed by atoms with Crippen LogP contribution >= 0.6 is 0 Å². The van der Waals surface area contributed by atoms with Crippen LogP contribution in [0.4, 0.5) is 0 Å². The molecule has 0 aromatic heterocycles. The first-order chi connectivity index (χ1) is 9.09.